The summed E-state index contributed by atoms with van der Waals surface area (Å²) >= 11 is 0. The number of hydrogen-bond donors (Lipinski definition) is 1. The molecular weight excluding hydrogens is 344 g/mol. The minimum atomic E-state index is -0.948. The lowest BCUT2D eigenvalue weighted by molar-refractivity contribution is 0.509. The fourth-order valence-corrected chi connectivity index (χ4v) is 3.87. The van der Waals surface area contributed by atoms with Crippen molar-refractivity contribution in [2.45, 2.75) is 25.2 Å². The van der Waals surface area contributed by atoms with E-state index in [0.29, 0.717) is 17.5 Å². The number of halogens is 2. The van der Waals surface area contributed by atoms with E-state index >= 15 is 0 Å². The van der Waals surface area contributed by atoms with Gasteiger partial charge >= 0.3 is 0 Å². The van der Waals surface area contributed by atoms with Crippen LogP contribution in [-0.4, -0.2) is 4.98 Å². The molecule has 1 aliphatic rings. The Hall–Kier alpha value is -3.26. The molecule has 1 unspecified atom stereocenters. The third kappa shape index (κ3) is 3.04. The predicted octanol–water partition coefficient (Wildman–Crippen LogP) is 4.75. The molecule has 4 rings (SSSR count). The van der Waals surface area contributed by atoms with E-state index < -0.39 is 11.6 Å². The standard InChI is InChI=1S/C22H17F2N3/c23-18-8-6-15(11-19(18)24)21-16-10-14(13-4-2-1-3-5-13)7-9-20(16)27-22(26)17(21)12-25/h1-6,8,11,14H,7,9-10H2,(H2,26,27). The first-order chi connectivity index (χ1) is 13.1. The number of nitrogens with two attached hydrogens (primary N) is 1. The molecular formula is C22H17F2N3. The van der Waals surface area contributed by atoms with Crippen LogP contribution in [0.3, 0.4) is 0 Å². The molecule has 0 aliphatic heterocycles. The lowest BCUT2D eigenvalue weighted by Crippen LogP contribution is -2.17. The van der Waals surface area contributed by atoms with Crippen molar-refractivity contribution in [1.82, 2.24) is 4.98 Å². The molecule has 0 radical (unpaired) electrons. The van der Waals surface area contributed by atoms with E-state index in [-0.39, 0.29) is 17.3 Å². The summed E-state index contributed by atoms with van der Waals surface area (Å²) in [6.07, 6.45) is 2.32. The van der Waals surface area contributed by atoms with Gasteiger partial charge in [-0.2, -0.15) is 5.26 Å². The molecule has 134 valence electrons. The second kappa shape index (κ2) is 6.81. The molecule has 2 N–H and O–H groups in total. The van der Waals surface area contributed by atoms with Crippen molar-refractivity contribution in [2.75, 3.05) is 5.73 Å². The Bertz CT molecular complexity index is 1060. The number of nitriles is 1. The Labute approximate surface area is 156 Å². The first-order valence-corrected chi connectivity index (χ1v) is 8.80. The Morgan fingerprint density at radius 2 is 1.85 bits per heavy atom. The molecule has 1 atom stereocenters. The molecule has 27 heavy (non-hydrogen) atoms. The molecule has 0 fully saturated rings. The number of hydrogen-bond acceptors (Lipinski definition) is 3. The Morgan fingerprint density at radius 3 is 2.56 bits per heavy atom. The smallest absolute Gasteiger partial charge is 0.159 e. The van der Waals surface area contributed by atoms with Gasteiger partial charge in [0.1, 0.15) is 17.5 Å². The van der Waals surface area contributed by atoms with Crippen molar-refractivity contribution < 1.29 is 8.78 Å². The minimum absolute atomic E-state index is 0.133. The Morgan fingerprint density at radius 1 is 1.07 bits per heavy atom. The minimum Gasteiger partial charge on any atom is -0.383 e. The maximum Gasteiger partial charge on any atom is 0.159 e. The van der Waals surface area contributed by atoms with Gasteiger partial charge in [0, 0.05) is 11.3 Å². The van der Waals surface area contributed by atoms with Crippen LogP contribution in [0.5, 0.6) is 0 Å². The van der Waals surface area contributed by atoms with Crippen LogP contribution in [0.15, 0.2) is 48.5 Å². The first-order valence-electron chi connectivity index (χ1n) is 8.80. The molecule has 3 aromatic rings. The number of nitrogens with zero attached hydrogens (tertiary/aromatic N) is 2. The highest BCUT2D eigenvalue weighted by Gasteiger charge is 2.27. The van der Waals surface area contributed by atoms with Gasteiger partial charge < -0.3 is 5.73 Å². The number of aryl methyl sites for hydroxylation is 1. The zero-order valence-corrected chi connectivity index (χ0v) is 14.5. The van der Waals surface area contributed by atoms with E-state index in [0.717, 1.165) is 36.2 Å². The van der Waals surface area contributed by atoms with Gasteiger partial charge in [0.15, 0.2) is 11.6 Å². The van der Waals surface area contributed by atoms with Gasteiger partial charge in [0.05, 0.1) is 0 Å². The van der Waals surface area contributed by atoms with Gasteiger partial charge in [-0.3, -0.25) is 0 Å². The molecule has 1 aromatic heterocycles. The highest BCUT2D eigenvalue weighted by atomic mass is 19.2. The van der Waals surface area contributed by atoms with Gasteiger partial charge in [-0.15, -0.1) is 0 Å². The normalized spacial score (nSPS) is 15.8. The average Bonchev–Trinajstić information content (AvgIpc) is 2.69. The van der Waals surface area contributed by atoms with E-state index in [1.807, 2.05) is 18.2 Å². The van der Waals surface area contributed by atoms with Crippen LogP contribution < -0.4 is 5.73 Å². The van der Waals surface area contributed by atoms with Gasteiger partial charge in [-0.05, 0) is 54.0 Å². The number of pyridine rings is 1. The molecule has 3 nitrogen and oxygen atoms in total. The van der Waals surface area contributed by atoms with Crippen LogP contribution in [0.2, 0.25) is 0 Å². The molecule has 0 saturated carbocycles. The summed E-state index contributed by atoms with van der Waals surface area (Å²) in [6, 6.07) is 15.9. The first kappa shape index (κ1) is 17.2. The van der Waals surface area contributed by atoms with Crippen LogP contribution in [-0.2, 0) is 12.8 Å². The van der Waals surface area contributed by atoms with Crippen molar-refractivity contribution in [3.63, 3.8) is 0 Å². The number of fused-ring (bicyclic) bond motifs is 1. The van der Waals surface area contributed by atoms with E-state index in [2.05, 4.69) is 23.2 Å². The van der Waals surface area contributed by atoms with E-state index in [1.165, 1.54) is 11.6 Å². The van der Waals surface area contributed by atoms with Gasteiger partial charge in [0.25, 0.3) is 0 Å². The number of nitrogen functional groups attached to an aromatic ring is 1. The Kier molecular flexibility index (Phi) is 4.33. The zero-order chi connectivity index (χ0) is 19.0. The van der Waals surface area contributed by atoms with Crippen molar-refractivity contribution in [2.24, 2.45) is 0 Å². The monoisotopic (exact) mass is 361 g/mol. The summed E-state index contributed by atoms with van der Waals surface area (Å²) in [6.45, 7) is 0. The molecule has 0 spiro atoms. The lowest BCUT2D eigenvalue weighted by atomic mass is 9.78. The molecule has 1 aliphatic carbocycles. The molecule has 0 saturated heterocycles. The topological polar surface area (TPSA) is 62.7 Å². The van der Waals surface area contributed by atoms with Crippen molar-refractivity contribution >= 4 is 5.82 Å². The van der Waals surface area contributed by atoms with Crippen molar-refractivity contribution in [3.8, 4) is 17.2 Å². The van der Waals surface area contributed by atoms with Crippen molar-refractivity contribution in [1.29, 1.82) is 5.26 Å². The fourth-order valence-electron chi connectivity index (χ4n) is 3.87. The Balaban J connectivity index is 1.89. The second-order valence-electron chi connectivity index (χ2n) is 6.76. The van der Waals surface area contributed by atoms with Gasteiger partial charge in [0.2, 0.25) is 0 Å². The lowest BCUT2D eigenvalue weighted by Gasteiger charge is -2.27. The van der Waals surface area contributed by atoms with Crippen molar-refractivity contribution in [3.05, 3.63) is 82.5 Å². The third-order valence-corrected chi connectivity index (χ3v) is 5.18. The number of benzene rings is 2. The van der Waals surface area contributed by atoms with Crippen LogP contribution in [0.4, 0.5) is 14.6 Å². The van der Waals surface area contributed by atoms with E-state index in [1.54, 1.807) is 0 Å². The summed E-state index contributed by atoms with van der Waals surface area (Å²) in [5.74, 6) is -1.46. The highest BCUT2D eigenvalue weighted by Crippen LogP contribution is 2.40. The number of anilines is 1. The molecule has 2 aromatic carbocycles. The third-order valence-electron chi connectivity index (χ3n) is 5.18. The largest absolute Gasteiger partial charge is 0.383 e. The summed E-state index contributed by atoms with van der Waals surface area (Å²) in [5.41, 5.74) is 10.2. The van der Waals surface area contributed by atoms with Gasteiger partial charge in [-0.1, -0.05) is 36.4 Å². The number of rotatable bonds is 2. The zero-order valence-electron chi connectivity index (χ0n) is 14.5. The molecule has 0 amide bonds. The quantitative estimate of drug-likeness (QED) is 0.716. The maximum atomic E-state index is 13.9. The van der Waals surface area contributed by atoms with Crippen LogP contribution >= 0.6 is 0 Å². The summed E-state index contributed by atoms with van der Waals surface area (Å²) in [4.78, 5) is 4.43. The predicted molar refractivity (Wildman–Crippen MR) is 99.9 cm³/mol. The van der Waals surface area contributed by atoms with Crippen LogP contribution in [0, 0.1) is 23.0 Å². The highest BCUT2D eigenvalue weighted by molar-refractivity contribution is 5.79. The SMILES string of the molecule is N#Cc1c(N)nc2c(c1-c1ccc(F)c(F)c1)CC(c1ccccc1)CC2. The molecule has 5 heteroatoms. The maximum absolute atomic E-state index is 13.9. The molecule has 0 bridgehead atoms. The van der Waals surface area contributed by atoms with Crippen LogP contribution in [0.1, 0.15) is 34.7 Å². The second-order valence-corrected chi connectivity index (χ2v) is 6.76. The van der Waals surface area contributed by atoms with Gasteiger partial charge in [-0.25, -0.2) is 13.8 Å². The molecule has 1 heterocycles. The summed E-state index contributed by atoms with van der Waals surface area (Å²) < 4.78 is 27.3. The average molecular weight is 361 g/mol. The van der Waals surface area contributed by atoms with E-state index in [9.17, 15) is 14.0 Å². The number of aromatic nitrogens is 1. The summed E-state index contributed by atoms with van der Waals surface area (Å²) in [7, 11) is 0. The van der Waals surface area contributed by atoms with E-state index in [4.69, 9.17) is 5.73 Å². The van der Waals surface area contributed by atoms with Crippen LogP contribution in [0.25, 0.3) is 11.1 Å². The fraction of sp³-hybridized carbons (Fsp3) is 0.182. The summed E-state index contributed by atoms with van der Waals surface area (Å²) in [5, 5.41) is 9.63.